The zero-order valence-electron chi connectivity index (χ0n) is 10.3. The number of hydrogen-bond donors (Lipinski definition) is 1. The standard InChI is InChI=1S/C12H23NO3/c1-10(3-6-15-2)11(14)12(9-13)4-7-16-8-5-12/h10H,3-9,13H2,1-2H3. The largest absolute Gasteiger partial charge is 0.385 e. The Kier molecular flexibility index (Phi) is 5.38. The number of methoxy groups -OCH3 is 1. The summed E-state index contributed by atoms with van der Waals surface area (Å²) in [6.07, 6.45) is 2.30. The van der Waals surface area contributed by atoms with Crippen molar-refractivity contribution in [2.24, 2.45) is 17.1 Å². The molecule has 2 N–H and O–H groups in total. The van der Waals surface area contributed by atoms with E-state index in [0.717, 1.165) is 19.3 Å². The van der Waals surface area contributed by atoms with E-state index in [-0.39, 0.29) is 17.1 Å². The van der Waals surface area contributed by atoms with Crippen molar-refractivity contribution in [3.8, 4) is 0 Å². The summed E-state index contributed by atoms with van der Waals surface area (Å²) in [5.41, 5.74) is 5.46. The highest BCUT2D eigenvalue weighted by atomic mass is 16.5. The third-order valence-corrected chi connectivity index (χ3v) is 3.57. The molecule has 1 aliphatic rings. The molecular formula is C12H23NO3. The van der Waals surface area contributed by atoms with Gasteiger partial charge in [0.2, 0.25) is 0 Å². The monoisotopic (exact) mass is 229 g/mol. The summed E-state index contributed by atoms with van der Waals surface area (Å²) in [4.78, 5) is 12.4. The van der Waals surface area contributed by atoms with Crippen LogP contribution in [-0.2, 0) is 14.3 Å². The van der Waals surface area contributed by atoms with Crippen LogP contribution in [0.2, 0.25) is 0 Å². The van der Waals surface area contributed by atoms with Crippen molar-refractivity contribution in [2.75, 3.05) is 33.5 Å². The van der Waals surface area contributed by atoms with E-state index in [1.165, 1.54) is 0 Å². The fourth-order valence-corrected chi connectivity index (χ4v) is 2.26. The lowest BCUT2D eigenvalue weighted by Crippen LogP contribution is -2.45. The summed E-state index contributed by atoms with van der Waals surface area (Å²) >= 11 is 0. The molecule has 16 heavy (non-hydrogen) atoms. The highest BCUT2D eigenvalue weighted by Gasteiger charge is 2.40. The molecule has 1 saturated heterocycles. The fraction of sp³-hybridized carbons (Fsp3) is 0.917. The molecule has 0 aromatic rings. The van der Waals surface area contributed by atoms with E-state index in [2.05, 4.69) is 0 Å². The zero-order chi connectivity index (χ0) is 12.0. The molecular weight excluding hydrogens is 206 g/mol. The van der Waals surface area contributed by atoms with Crippen molar-refractivity contribution in [2.45, 2.75) is 26.2 Å². The Balaban J connectivity index is 2.60. The van der Waals surface area contributed by atoms with Crippen molar-refractivity contribution in [3.63, 3.8) is 0 Å². The number of nitrogens with two attached hydrogens (primary N) is 1. The molecule has 0 aromatic heterocycles. The third-order valence-electron chi connectivity index (χ3n) is 3.57. The molecule has 1 aliphatic heterocycles. The predicted molar refractivity (Wildman–Crippen MR) is 62.2 cm³/mol. The molecule has 0 aromatic carbocycles. The predicted octanol–water partition coefficient (Wildman–Crippen LogP) is 0.984. The van der Waals surface area contributed by atoms with Crippen LogP contribution in [0, 0.1) is 11.3 Å². The van der Waals surface area contributed by atoms with Gasteiger partial charge >= 0.3 is 0 Å². The van der Waals surface area contributed by atoms with Gasteiger partial charge in [-0.25, -0.2) is 0 Å². The topological polar surface area (TPSA) is 61.5 Å². The summed E-state index contributed by atoms with van der Waals surface area (Å²) in [5, 5.41) is 0. The van der Waals surface area contributed by atoms with Crippen molar-refractivity contribution >= 4 is 5.78 Å². The second kappa shape index (κ2) is 6.33. The van der Waals surface area contributed by atoms with E-state index in [1.54, 1.807) is 7.11 Å². The zero-order valence-corrected chi connectivity index (χ0v) is 10.3. The van der Waals surface area contributed by atoms with Gasteiger partial charge in [0, 0.05) is 44.8 Å². The molecule has 0 aliphatic carbocycles. The first-order chi connectivity index (χ1) is 7.66. The number of rotatable bonds is 6. The molecule has 1 heterocycles. The van der Waals surface area contributed by atoms with Gasteiger partial charge in [-0.1, -0.05) is 6.92 Å². The SMILES string of the molecule is COCCC(C)C(=O)C1(CN)CCOCC1. The second-order valence-corrected chi connectivity index (χ2v) is 4.64. The van der Waals surface area contributed by atoms with Crippen LogP contribution in [0.25, 0.3) is 0 Å². The van der Waals surface area contributed by atoms with Gasteiger partial charge in [0.15, 0.2) is 0 Å². The molecule has 1 unspecified atom stereocenters. The number of ketones is 1. The molecule has 1 atom stereocenters. The number of ether oxygens (including phenoxy) is 2. The van der Waals surface area contributed by atoms with E-state index in [1.807, 2.05) is 6.92 Å². The minimum atomic E-state index is -0.342. The minimum Gasteiger partial charge on any atom is -0.385 e. The number of Topliss-reactive ketones (excluding diaryl/α,β-unsaturated/α-hetero) is 1. The number of carbonyl (C=O) groups excluding carboxylic acids is 1. The lowest BCUT2D eigenvalue weighted by atomic mass is 9.72. The maximum Gasteiger partial charge on any atom is 0.143 e. The summed E-state index contributed by atoms with van der Waals surface area (Å²) in [5.74, 6) is 0.317. The Morgan fingerprint density at radius 2 is 2.12 bits per heavy atom. The molecule has 94 valence electrons. The van der Waals surface area contributed by atoms with E-state index in [9.17, 15) is 4.79 Å². The highest BCUT2D eigenvalue weighted by Crippen LogP contribution is 2.33. The van der Waals surface area contributed by atoms with Crippen LogP contribution in [0.5, 0.6) is 0 Å². The van der Waals surface area contributed by atoms with Crippen LogP contribution in [0.15, 0.2) is 0 Å². The van der Waals surface area contributed by atoms with Crippen molar-refractivity contribution in [1.29, 1.82) is 0 Å². The van der Waals surface area contributed by atoms with Gasteiger partial charge in [0.05, 0.1) is 0 Å². The molecule has 0 saturated carbocycles. The highest BCUT2D eigenvalue weighted by molar-refractivity contribution is 5.87. The average Bonchev–Trinajstić information content (AvgIpc) is 2.35. The summed E-state index contributed by atoms with van der Waals surface area (Å²) in [7, 11) is 1.66. The Hall–Kier alpha value is -0.450. The lowest BCUT2D eigenvalue weighted by Gasteiger charge is -2.36. The Morgan fingerprint density at radius 3 is 2.62 bits per heavy atom. The summed E-state index contributed by atoms with van der Waals surface area (Å²) < 4.78 is 10.3. The number of carbonyl (C=O) groups is 1. The molecule has 0 bridgehead atoms. The van der Waals surface area contributed by atoms with Gasteiger partial charge in [0.25, 0.3) is 0 Å². The minimum absolute atomic E-state index is 0.0293. The smallest absolute Gasteiger partial charge is 0.143 e. The first-order valence-electron chi connectivity index (χ1n) is 5.97. The van der Waals surface area contributed by atoms with Crippen LogP contribution in [-0.4, -0.2) is 39.3 Å². The van der Waals surface area contributed by atoms with Crippen LogP contribution in [0.1, 0.15) is 26.2 Å². The molecule has 1 rings (SSSR count). The molecule has 4 heteroatoms. The van der Waals surface area contributed by atoms with Gasteiger partial charge in [-0.15, -0.1) is 0 Å². The lowest BCUT2D eigenvalue weighted by molar-refractivity contribution is -0.137. The van der Waals surface area contributed by atoms with Crippen LogP contribution in [0.4, 0.5) is 0 Å². The fourth-order valence-electron chi connectivity index (χ4n) is 2.26. The maximum atomic E-state index is 12.4. The quantitative estimate of drug-likeness (QED) is 0.737. The Bertz CT molecular complexity index is 224. The first kappa shape index (κ1) is 13.6. The molecule has 0 spiro atoms. The van der Waals surface area contributed by atoms with Gasteiger partial charge in [-0.05, 0) is 19.3 Å². The molecule has 0 radical (unpaired) electrons. The van der Waals surface area contributed by atoms with Gasteiger partial charge in [0.1, 0.15) is 5.78 Å². The van der Waals surface area contributed by atoms with Crippen molar-refractivity contribution < 1.29 is 14.3 Å². The Labute approximate surface area is 97.5 Å². The van der Waals surface area contributed by atoms with E-state index < -0.39 is 0 Å². The summed E-state index contributed by atoms with van der Waals surface area (Å²) in [6, 6.07) is 0. The van der Waals surface area contributed by atoms with Crippen LogP contribution >= 0.6 is 0 Å². The van der Waals surface area contributed by atoms with Crippen LogP contribution < -0.4 is 5.73 Å². The van der Waals surface area contributed by atoms with Crippen molar-refractivity contribution in [1.82, 2.24) is 0 Å². The molecule has 1 fully saturated rings. The average molecular weight is 229 g/mol. The van der Waals surface area contributed by atoms with E-state index in [0.29, 0.717) is 26.4 Å². The van der Waals surface area contributed by atoms with Crippen molar-refractivity contribution in [3.05, 3.63) is 0 Å². The van der Waals surface area contributed by atoms with Gasteiger partial charge in [-0.3, -0.25) is 4.79 Å². The molecule has 0 amide bonds. The summed E-state index contributed by atoms with van der Waals surface area (Å²) in [6.45, 7) is 4.34. The second-order valence-electron chi connectivity index (χ2n) is 4.64. The maximum absolute atomic E-state index is 12.4. The molecule has 4 nitrogen and oxygen atoms in total. The van der Waals surface area contributed by atoms with E-state index >= 15 is 0 Å². The number of hydrogen-bond acceptors (Lipinski definition) is 4. The van der Waals surface area contributed by atoms with E-state index in [4.69, 9.17) is 15.2 Å². The normalized spacial score (nSPS) is 21.7. The first-order valence-corrected chi connectivity index (χ1v) is 5.97. The van der Waals surface area contributed by atoms with Crippen LogP contribution in [0.3, 0.4) is 0 Å². The Morgan fingerprint density at radius 1 is 1.50 bits per heavy atom. The van der Waals surface area contributed by atoms with Gasteiger partial charge in [-0.2, -0.15) is 0 Å². The van der Waals surface area contributed by atoms with Gasteiger partial charge < -0.3 is 15.2 Å². The third kappa shape index (κ3) is 3.03.